The van der Waals surface area contributed by atoms with Gasteiger partial charge in [0.05, 0.1) is 27.5 Å². The average Bonchev–Trinajstić information content (AvgIpc) is 2.99. The van der Waals surface area contributed by atoms with Gasteiger partial charge < -0.3 is 0 Å². The average molecular weight is 500 g/mol. The van der Waals surface area contributed by atoms with E-state index in [1.807, 2.05) is 0 Å². The molecule has 0 aliphatic heterocycles. The van der Waals surface area contributed by atoms with Gasteiger partial charge in [0.25, 0.3) is 0 Å². The van der Waals surface area contributed by atoms with E-state index in [2.05, 4.69) is 9.97 Å². The molecule has 0 spiro atoms. The number of nitrogens with zero attached hydrogens (tertiary/aromatic N) is 3. The van der Waals surface area contributed by atoms with Crippen molar-refractivity contribution in [2.75, 3.05) is 5.75 Å². The second kappa shape index (κ2) is 7.73. The van der Waals surface area contributed by atoms with Crippen molar-refractivity contribution in [3.05, 3.63) is 40.7 Å². The largest absolute Gasteiger partial charge is 0.433 e. The number of carbonyl (C=O) groups is 1. The molecule has 3 aromatic heterocycles. The molecule has 0 N–H and O–H groups in total. The van der Waals surface area contributed by atoms with Crippen LogP contribution in [0.3, 0.4) is 0 Å². The maximum Gasteiger partial charge on any atom is 0.433 e. The summed E-state index contributed by atoms with van der Waals surface area (Å²) in [5.41, 5.74) is -5.08. The topological polar surface area (TPSA) is 81.9 Å². The van der Waals surface area contributed by atoms with E-state index < -0.39 is 71.9 Å². The quantitative estimate of drug-likeness (QED) is 0.460. The lowest BCUT2D eigenvalue weighted by Crippen LogP contribution is -2.18. The Bertz CT molecular complexity index is 1350. The van der Waals surface area contributed by atoms with Crippen LogP contribution in [0.15, 0.2) is 29.3 Å². The highest BCUT2D eigenvalue weighted by Crippen LogP contribution is 2.42. The van der Waals surface area contributed by atoms with Crippen LogP contribution in [-0.2, 0) is 22.2 Å². The number of fused-ring (bicyclic) bond motifs is 1. The van der Waals surface area contributed by atoms with Crippen molar-refractivity contribution in [1.82, 2.24) is 14.5 Å². The van der Waals surface area contributed by atoms with E-state index in [1.165, 1.54) is 0 Å². The van der Waals surface area contributed by atoms with E-state index in [-0.39, 0.29) is 10.1 Å². The number of alkyl halides is 6. The highest BCUT2D eigenvalue weighted by Gasteiger charge is 2.41. The Morgan fingerprint density at radius 2 is 1.72 bits per heavy atom. The molecule has 0 aromatic carbocycles. The number of sulfone groups is 1. The molecule has 0 aliphatic carbocycles. The number of carbonyl (C=O) groups excluding carboxylic acids is 1. The number of rotatable bonds is 3. The summed E-state index contributed by atoms with van der Waals surface area (Å²) in [5.74, 6) is -1.73. The molecule has 6 nitrogen and oxygen atoms in total. The van der Waals surface area contributed by atoms with Gasteiger partial charge in [-0.25, -0.2) is 13.4 Å². The minimum atomic E-state index is -5.06. The molecule has 0 saturated carbocycles. The highest BCUT2D eigenvalue weighted by molar-refractivity contribution is 7.91. The normalized spacial score (nSPS) is 13.0. The molecule has 0 atom stereocenters. The minimum absolute atomic E-state index is 0.276. The number of hydrogen-bond donors (Lipinski definition) is 0. The molecule has 0 bridgehead atoms. The zero-order valence-corrected chi connectivity index (χ0v) is 17.7. The predicted octanol–water partition coefficient (Wildman–Crippen LogP) is 5.24. The van der Waals surface area contributed by atoms with E-state index in [0.717, 1.165) is 26.0 Å². The van der Waals surface area contributed by atoms with Gasteiger partial charge in [-0.3, -0.25) is 14.3 Å². The standard InChI is InChI=1S/C18H12ClF6N3O3S/c1-3-32(30,31)15-9(17(20,21)22)6-7-26-13(15)10-4-5-11-14(27-10)12(19)16(18(23,24)25)28(11)8(2)29/h4-7H,3H2,1-2H3. The van der Waals surface area contributed by atoms with Crippen molar-refractivity contribution in [1.29, 1.82) is 0 Å². The number of hydrogen-bond acceptors (Lipinski definition) is 5. The first-order valence-corrected chi connectivity index (χ1v) is 10.7. The molecular formula is C18H12ClF6N3O3S. The van der Waals surface area contributed by atoms with E-state index in [0.29, 0.717) is 12.3 Å². The maximum atomic E-state index is 13.5. The number of aromatic nitrogens is 3. The van der Waals surface area contributed by atoms with E-state index in [9.17, 15) is 39.6 Å². The summed E-state index contributed by atoms with van der Waals surface area (Å²) >= 11 is 5.84. The Morgan fingerprint density at radius 3 is 2.22 bits per heavy atom. The second-order valence-corrected chi connectivity index (χ2v) is 9.11. The first-order valence-electron chi connectivity index (χ1n) is 8.69. The van der Waals surface area contributed by atoms with Crippen molar-refractivity contribution in [3.63, 3.8) is 0 Å². The first kappa shape index (κ1) is 24.0. The maximum absolute atomic E-state index is 13.5. The molecular weight excluding hydrogens is 488 g/mol. The molecule has 172 valence electrons. The summed E-state index contributed by atoms with van der Waals surface area (Å²) in [6.07, 6.45) is -9.39. The summed E-state index contributed by atoms with van der Waals surface area (Å²) in [4.78, 5) is 18.2. The van der Waals surface area contributed by atoms with E-state index in [4.69, 9.17) is 11.6 Å². The van der Waals surface area contributed by atoms with Crippen molar-refractivity contribution in [2.24, 2.45) is 0 Å². The summed E-state index contributed by atoms with van der Waals surface area (Å²) in [6, 6.07) is 2.42. The third kappa shape index (κ3) is 3.94. The number of halogens is 7. The molecule has 3 rings (SSSR count). The molecule has 3 aromatic rings. The van der Waals surface area contributed by atoms with Gasteiger partial charge in [0, 0.05) is 13.1 Å². The molecule has 0 fully saturated rings. The van der Waals surface area contributed by atoms with Gasteiger partial charge in [0.2, 0.25) is 5.91 Å². The lowest BCUT2D eigenvalue weighted by Gasteiger charge is -2.15. The van der Waals surface area contributed by atoms with Gasteiger partial charge in [-0.1, -0.05) is 18.5 Å². The molecule has 3 heterocycles. The Balaban J connectivity index is 2.43. The Hall–Kier alpha value is -2.67. The van der Waals surface area contributed by atoms with Crippen LogP contribution in [0.5, 0.6) is 0 Å². The molecule has 32 heavy (non-hydrogen) atoms. The van der Waals surface area contributed by atoms with Gasteiger partial charge in [-0.15, -0.1) is 0 Å². The van der Waals surface area contributed by atoms with Gasteiger partial charge in [0.1, 0.15) is 16.1 Å². The molecule has 0 radical (unpaired) electrons. The van der Waals surface area contributed by atoms with Gasteiger partial charge >= 0.3 is 12.4 Å². The Morgan fingerprint density at radius 1 is 1.09 bits per heavy atom. The Kier molecular flexibility index (Phi) is 5.79. The van der Waals surface area contributed by atoms with Crippen LogP contribution in [-0.4, -0.2) is 34.6 Å². The van der Waals surface area contributed by atoms with Crippen molar-refractivity contribution >= 4 is 38.4 Å². The summed E-state index contributed by atoms with van der Waals surface area (Å²) in [5, 5.41) is -0.962. The van der Waals surface area contributed by atoms with Crippen molar-refractivity contribution in [3.8, 4) is 11.4 Å². The fourth-order valence-electron chi connectivity index (χ4n) is 3.15. The second-order valence-electron chi connectivity index (χ2n) is 6.52. The molecule has 0 saturated heterocycles. The van der Waals surface area contributed by atoms with Crippen molar-refractivity contribution in [2.45, 2.75) is 31.1 Å². The van der Waals surface area contributed by atoms with E-state index in [1.54, 1.807) is 0 Å². The van der Waals surface area contributed by atoms with Gasteiger partial charge in [0.15, 0.2) is 15.5 Å². The highest BCUT2D eigenvalue weighted by atomic mass is 35.5. The van der Waals surface area contributed by atoms with Crippen LogP contribution in [0, 0.1) is 0 Å². The van der Waals surface area contributed by atoms with Crippen LogP contribution in [0.4, 0.5) is 26.3 Å². The summed E-state index contributed by atoms with van der Waals surface area (Å²) in [7, 11) is -4.49. The monoisotopic (exact) mass is 499 g/mol. The third-order valence-corrected chi connectivity index (χ3v) is 6.63. The lowest BCUT2D eigenvalue weighted by atomic mass is 10.1. The van der Waals surface area contributed by atoms with Crippen LogP contribution >= 0.6 is 11.6 Å². The minimum Gasteiger partial charge on any atom is -0.274 e. The van der Waals surface area contributed by atoms with Crippen molar-refractivity contribution < 1.29 is 39.6 Å². The Labute approximate surface area is 181 Å². The van der Waals surface area contributed by atoms with Crippen LogP contribution in [0.1, 0.15) is 29.9 Å². The first-order chi connectivity index (χ1) is 14.6. The predicted molar refractivity (Wildman–Crippen MR) is 102 cm³/mol. The van der Waals surface area contributed by atoms with Gasteiger partial charge in [-0.05, 0) is 18.2 Å². The van der Waals surface area contributed by atoms with Crippen LogP contribution in [0.25, 0.3) is 22.4 Å². The summed E-state index contributed by atoms with van der Waals surface area (Å²) < 4.78 is 106. The smallest absolute Gasteiger partial charge is 0.274 e. The molecule has 14 heteroatoms. The molecule has 0 unspecified atom stereocenters. The van der Waals surface area contributed by atoms with Gasteiger partial charge in [-0.2, -0.15) is 26.3 Å². The summed E-state index contributed by atoms with van der Waals surface area (Å²) in [6.45, 7) is 1.99. The zero-order chi connectivity index (χ0) is 24.2. The lowest BCUT2D eigenvalue weighted by molar-refractivity contribution is -0.142. The fourth-order valence-corrected chi connectivity index (χ4v) is 4.74. The molecule has 0 aliphatic rings. The van der Waals surface area contributed by atoms with Crippen LogP contribution < -0.4 is 0 Å². The third-order valence-electron chi connectivity index (χ3n) is 4.48. The van der Waals surface area contributed by atoms with E-state index >= 15 is 0 Å². The number of pyridine rings is 2. The zero-order valence-electron chi connectivity index (χ0n) is 16.1. The molecule has 0 amide bonds. The van der Waals surface area contributed by atoms with Crippen LogP contribution in [0.2, 0.25) is 5.02 Å². The SMILES string of the molecule is CCS(=O)(=O)c1c(C(F)(F)F)ccnc1-c1ccc2c(n1)c(Cl)c(C(F)(F)F)n2C(C)=O. The fraction of sp³-hybridized carbons (Fsp3) is 0.278.